The molecule has 0 spiro atoms. The Balaban J connectivity index is 2.25. The molecule has 1 aromatic heterocycles. The molecule has 0 amide bonds. The minimum atomic E-state index is -0.644. The first-order valence-electron chi connectivity index (χ1n) is 6.15. The van der Waals surface area contributed by atoms with Crippen molar-refractivity contribution in [3.8, 4) is 0 Å². The number of non-ortho nitro benzene ring substituents is 1. The van der Waals surface area contributed by atoms with Crippen LogP contribution in [0.1, 0.15) is 30.0 Å². The number of nitro groups is 1. The van der Waals surface area contributed by atoms with Crippen LogP contribution in [0.15, 0.2) is 28.7 Å². The highest BCUT2D eigenvalue weighted by Gasteiger charge is 2.15. The minimum Gasteiger partial charge on any atom is -0.466 e. The fourth-order valence-corrected chi connectivity index (χ4v) is 2.17. The van der Waals surface area contributed by atoms with E-state index in [0.29, 0.717) is 5.69 Å². The van der Waals surface area contributed by atoms with Crippen LogP contribution in [0.5, 0.6) is 0 Å². The molecule has 0 saturated heterocycles. The molecular weight excluding hydrogens is 263 g/mol. The molecule has 1 N–H and O–H groups in total. The second-order valence-electron chi connectivity index (χ2n) is 4.69. The number of benzene rings is 1. The predicted octanol–water partition coefficient (Wildman–Crippen LogP) is 4.12. The van der Waals surface area contributed by atoms with Crippen LogP contribution in [0, 0.1) is 29.8 Å². The van der Waals surface area contributed by atoms with Crippen molar-refractivity contribution in [3.05, 3.63) is 57.3 Å². The first-order chi connectivity index (χ1) is 9.36. The maximum Gasteiger partial charge on any atom is 0.274 e. The molecular formula is C14H15FN2O3. The SMILES string of the molecule is Cc1cc(C(C)Nc2cc(F)cc([N+](=O)[O-])c2)c(C)o1. The van der Waals surface area contributed by atoms with Crippen molar-refractivity contribution >= 4 is 11.4 Å². The van der Waals surface area contributed by atoms with Gasteiger partial charge in [-0.15, -0.1) is 0 Å². The summed E-state index contributed by atoms with van der Waals surface area (Å²) < 4.78 is 18.8. The summed E-state index contributed by atoms with van der Waals surface area (Å²) in [4.78, 5) is 10.1. The summed E-state index contributed by atoms with van der Waals surface area (Å²) in [7, 11) is 0. The van der Waals surface area contributed by atoms with Gasteiger partial charge < -0.3 is 9.73 Å². The highest BCUT2D eigenvalue weighted by atomic mass is 19.1. The lowest BCUT2D eigenvalue weighted by Crippen LogP contribution is -2.07. The Morgan fingerprint density at radius 2 is 2.00 bits per heavy atom. The fourth-order valence-electron chi connectivity index (χ4n) is 2.17. The topological polar surface area (TPSA) is 68.3 Å². The molecule has 1 atom stereocenters. The molecule has 1 unspecified atom stereocenters. The Labute approximate surface area is 115 Å². The van der Waals surface area contributed by atoms with E-state index in [1.54, 1.807) is 0 Å². The van der Waals surface area contributed by atoms with Crippen molar-refractivity contribution in [2.24, 2.45) is 0 Å². The van der Waals surface area contributed by atoms with Gasteiger partial charge >= 0.3 is 0 Å². The van der Waals surface area contributed by atoms with Gasteiger partial charge in [-0.05, 0) is 32.9 Å². The van der Waals surface area contributed by atoms with Crippen molar-refractivity contribution in [2.45, 2.75) is 26.8 Å². The molecule has 2 aromatic rings. The van der Waals surface area contributed by atoms with Gasteiger partial charge in [-0.25, -0.2) is 4.39 Å². The van der Waals surface area contributed by atoms with Gasteiger partial charge in [-0.2, -0.15) is 0 Å². The molecule has 0 aliphatic carbocycles. The number of anilines is 1. The normalized spacial score (nSPS) is 12.2. The van der Waals surface area contributed by atoms with Crippen molar-refractivity contribution in [1.82, 2.24) is 0 Å². The van der Waals surface area contributed by atoms with Crippen LogP contribution in [0.25, 0.3) is 0 Å². The lowest BCUT2D eigenvalue weighted by Gasteiger charge is -2.14. The van der Waals surface area contributed by atoms with Crippen LogP contribution in [-0.2, 0) is 0 Å². The number of nitrogens with zero attached hydrogens (tertiary/aromatic N) is 1. The third-order valence-electron chi connectivity index (χ3n) is 3.02. The molecule has 0 aliphatic heterocycles. The molecule has 106 valence electrons. The van der Waals surface area contributed by atoms with Gasteiger partial charge in [0, 0.05) is 17.3 Å². The average molecular weight is 278 g/mol. The Morgan fingerprint density at radius 3 is 2.55 bits per heavy atom. The molecule has 1 aromatic carbocycles. The predicted molar refractivity (Wildman–Crippen MR) is 73.3 cm³/mol. The molecule has 0 bridgehead atoms. The Bertz CT molecular complexity index is 652. The number of nitro benzene ring substituents is 1. The van der Waals surface area contributed by atoms with Gasteiger partial charge in [-0.3, -0.25) is 10.1 Å². The van der Waals surface area contributed by atoms with E-state index in [-0.39, 0.29) is 11.7 Å². The summed E-state index contributed by atoms with van der Waals surface area (Å²) in [6.07, 6.45) is 0. The Hall–Kier alpha value is -2.37. The van der Waals surface area contributed by atoms with Gasteiger partial charge in [0.05, 0.1) is 17.0 Å². The van der Waals surface area contributed by atoms with Gasteiger partial charge in [0.25, 0.3) is 5.69 Å². The van der Waals surface area contributed by atoms with Crippen LogP contribution in [0.4, 0.5) is 15.8 Å². The molecule has 0 saturated carbocycles. The second-order valence-corrected chi connectivity index (χ2v) is 4.69. The molecule has 20 heavy (non-hydrogen) atoms. The molecule has 1 heterocycles. The minimum absolute atomic E-state index is 0.145. The number of nitrogens with one attached hydrogen (secondary N) is 1. The number of aryl methyl sites for hydroxylation is 2. The van der Waals surface area contributed by atoms with Gasteiger partial charge in [0.2, 0.25) is 0 Å². The molecule has 0 radical (unpaired) electrons. The molecule has 6 heteroatoms. The summed E-state index contributed by atoms with van der Waals surface area (Å²) in [6.45, 7) is 5.57. The first kappa shape index (κ1) is 14.0. The number of halogens is 1. The van der Waals surface area contributed by atoms with Crippen LogP contribution in [0.2, 0.25) is 0 Å². The van der Waals surface area contributed by atoms with Gasteiger partial charge in [0.15, 0.2) is 0 Å². The monoisotopic (exact) mass is 278 g/mol. The summed E-state index contributed by atoms with van der Waals surface area (Å²) in [6, 6.07) is 5.17. The fraction of sp³-hybridized carbons (Fsp3) is 0.286. The van der Waals surface area contributed by atoms with Crippen LogP contribution in [-0.4, -0.2) is 4.92 Å². The zero-order valence-electron chi connectivity index (χ0n) is 11.4. The largest absolute Gasteiger partial charge is 0.466 e. The molecule has 2 rings (SSSR count). The molecule has 0 aliphatic rings. The smallest absolute Gasteiger partial charge is 0.274 e. The van der Waals surface area contributed by atoms with E-state index in [1.807, 2.05) is 26.8 Å². The summed E-state index contributed by atoms with van der Waals surface area (Å²) >= 11 is 0. The third-order valence-corrected chi connectivity index (χ3v) is 3.02. The van der Waals surface area contributed by atoms with Crippen molar-refractivity contribution in [2.75, 3.05) is 5.32 Å². The third kappa shape index (κ3) is 2.96. The van der Waals surface area contributed by atoms with E-state index in [9.17, 15) is 14.5 Å². The van der Waals surface area contributed by atoms with E-state index in [4.69, 9.17) is 4.42 Å². The lowest BCUT2D eigenvalue weighted by atomic mass is 10.1. The zero-order chi connectivity index (χ0) is 14.9. The van der Waals surface area contributed by atoms with E-state index in [2.05, 4.69) is 5.32 Å². The second kappa shape index (κ2) is 5.32. The highest BCUT2D eigenvalue weighted by molar-refractivity contribution is 5.53. The van der Waals surface area contributed by atoms with Crippen LogP contribution in [0.3, 0.4) is 0 Å². The molecule has 5 nitrogen and oxygen atoms in total. The maximum atomic E-state index is 13.4. The zero-order valence-corrected chi connectivity index (χ0v) is 11.4. The number of hydrogen-bond acceptors (Lipinski definition) is 4. The lowest BCUT2D eigenvalue weighted by molar-refractivity contribution is -0.385. The van der Waals surface area contributed by atoms with E-state index in [1.165, 1.54) is 12.1 Å². The Morgan fingerprint density at radius 1 is 1.30 bits per heavy atom. The maximum absolute atomic E-state index is 13.4. The van der Waals surface area contributed by atoms with Gasteiger partial charge in [-0.1, -0.05) is 0 Å². The Kier molecular flexibility index (Phi) is 3.74. The van der Waals surface area contributed by atoms with Crippen molar-refractivity contribution in [1.29, 1.82) is 0 Å². The quantitative estimate of drug-likeness (QED) is 0.674. The van der Waals surface area contributed by atoms with E-state index >= 15 is 0 Å². The van der Waals surface area contributed by atoms with Crippen molar-refractivity contribution in [3.63, 3.8) is 0 Å². The molecule has 0 fully saturated rings. The van der Waals surface area contributed by atoms with Crippen molar-refractivity contribution < 1.29 is 13.7 Å². The van der Waals surface area contributed by atoms with Crippen LogP contribution >= 0.6 is 0 Å². The van der Waals surface area contributed by atoms with E-state index in [0.717, 1.165) is 23.2 Å². The van der Waals surface area contributed by atoms with Gasteiger partial charge in [0.1, 0.15) is 17.3 Å². The standard InChI is InChI=1S/C14H15FN2O3/c1-8-4-14(10(3)20-8)9(2)16-12-5-11(15)6-13(7-12)17(18)19/h4-7,9,16H,1-3H3. The summed E-state index contributed by atoms with van der Waals surface area (Å²) in [5, 5.41) is 13.8. The van der Waals surface area contributed by atoms with E-state index < -0.39 is 10.7 Å². The number of hydrogen-bond donors (Lipinski definition) is 1. The summed E-state index contributed by atoms with van der Waals surface area (Å²) in [5.74, 6) is 0.916. The summed E-state index contributed by atoms with van der Waals surface area (Å²) in [5.41, 5.74) is 1.02. The number of furan rings is 1. The highest BCUT2D eigenvalue weighted by Crippen LogP contribution is 2.27. The number of rotatable bonds is 4. The first-order valence-corrected chi connectivity index (χ1v) is 6.15. The van der Waals surface area contributed by atoms with Crippen LogP contribution < -0.4 is 5.32 Å². The average Bonchev–Trinajstić information content (AvgIpc) is 2.67.